The van der Waals surface area contributed by atoms with Crippen LogP contribution in [0, 0.1) is 17.8 Å². The molecule has 0 saturated carbocycles. The Morgan fingerprint density at radius 2 is 1.88 bits per heavy atom. The quantitative estimate of drug-likeness (QED) is 0.390. The zero-order chi connectivity index (χ0) is 30.0. The van der Waals surface area contributed by atoms with Crippen molar-refractivity contribution in [3.63, 3.8) is 0 Å². The van der Waals surface area contributed by atoms with Crippen LogP contribution in [-0.4, -0.2) is 88.2 Å². The molecule has 4 heterocycles. The average molecular weight is 580 g/mol. The van der Waals surface area contributed by atoms with Gasteiger partial charge >= 0.3 is 5.97 Å². The highest BCUT2D eigenvalue weighted by Crippen LogP contribution is 2.54. The molecule has 4 aliphatic heterocycles. The third-order valence-electron chi connectivity index (χ3n) is 9.12. The lowest BCUT2D eigenvalue weighted by Gasteiger charge is -2.40. The minimum absolute atomic E-state index is 0.111. The van der Waals surface area contributed by atoms with Gasteiger partial charge in [0.1, 0.15) is 23.7 Å². The van der Waals surface area contributed by atoms with Crippen molar-refractivity contribution in [3.8, 4) is 0 Å². The number of hydrogen-bond donors (Lipinski definition) is 2. The third kappa shape index (κ3) is 5.38. The fourth-order valence-electron chi connectivity index (χ4n) is 6.77. The Morgan fingerprint density at radius 1 is 1.12 bits per heavy atom. The lowest BCUT2D eigenvalue weighted by atomic mass is 9.78. The lowest BCUT2D eigenvalue weighted by Crippen LogP contribution is -2.59. The highest BCUT2D eigenvalue weighted by Gasteiger charge is 2.72. The number of likely N-dealkylation sites (tertiary alicyclic amines) is 1. The van der Waals surface area contributed by atoms with E-state index in [0.29, 0.717) is 25.9 Å². The molecule has 4 aliphatic rings. The topological polar surface area (TPSA) is 125 Å². The Balaban J connectivity index is 1.60. The Bertz CT molecular complexity index is 1250. The van der Waals surface area contributed by atoms with Gasteiger partial charge in [0.2, 0.25) is 17.7 Å². The molecule has 10 heteroatoms. The van der Waals surface area contributed by atoms with Crippen LogP contribution in [0.4, 0.5) is 0 Å². The minimum atomic E-state index is -1.43. The number of aliphatic hydroxyl groups is 1. The number of fused-ring (bicyclic) bond motifs is 2. The number of hydrogen-bond acceptors (Lipinski definition) is 7. The normalized spacial score (nSPS) is 33.8. The van der Waals surface area contributed by atoms with E-state index in [4.69, 9.17) is 9.47 Å². The van der Waals surface area contributed by atoms with Crippen LogP contribution in [0.15, 0.2) is 54.6 Å². The zero-order valence-electron chi connectivity index (χ0n) is 24.5. The molecule has 42 heavy (non-hydrogen) atoms. The molecule has 2 saturated heterocycles. The van der Waals surface area contributed by atoms with E-state index in [-0.39, 0.29) is 37.3 Å². The monoisotopic (exact) mass is 579 g/mol. The summed E-state index contributed by atoms with van der Waals surface area (Å²) in [5.74, 6) is -3.59. The van der Waals surface area contributed by atoms with E-state index in [0.717, 1.165) is 5.56 Å². The number of aliphatic hydroxyl groups excluding tert-OH is 1. The van der Waals surface area contributed by atoms with Crippen molar-refractivity contribution in [2.45, 2.75) is 76.5 Å². The summed E-state index contributed by atoms with van der Waals surface area (Å²) >= 11 is 0. The van der Waals surface area contributed by atoms with E-state index in [1.807, 2.05) is 50.3 Å². The molecule has 1 aromatic carbocycles. The molecule has 1 spiro atoms. The number of amides is 3. The number of nitrogens with one attached hydrogen (secondary N) is 1. The van der Waals surface area contributed by atoms with Gasteiger partial charge in [-0.25, -0.2) is 0 Å². The highest BCUT2D eigenvalue weighted by molar-refractivity contribution is 5.99. The van der Waals surface area contributed by atoms with E-state index >= 15 is 0 Å². The van der Waals surface area contributed by atoms with Crippen LogP contribution >= 0.6 is 0 Å². The van der Waals surface area contributed by atoms with Gasteiger partial charge in [-0.3, -0.25) is 19.2 Å². The summed E-state index contributed by atoms with van der Waals surface area (Å²) in [7, 11) is 0. The van der Waals surface area contributed by atoms with Crippen molar-refractivity contribution in [1.29, 1.82) is 0 Å². The van der Waals surface area contributed by atoms with Gasteiger partial charge in [-0.15, -0.1) is 0 Å². The first-order valence-electron chi connectivity index (χ1n) is 15.0. The van der Waals surface area contributed by atoms with Gasteiger partial charge in [0.25, 0.3) is 0 Å². The first-order chi connectivity index (χ1) is 20.2. The number of rotatable bonds is 6. The molecule has 0 aliphatic carbocycles. The predicted molar refractivity (Wildman–Crippen MR) is 153 cm³/mol. The first kappa shape index (κ1) is 30.0. The van der Waals surface area contributed by atoms with Gasteiger partial charge in [-0.1, -0.05) is 74.9 Å². The smallest absolute Gasteiger partial charge is 0.313 e. The number of esters is 1. The SMILES string of the molecule is CC[C@H](C)[C@H](CO)N1C(=O)[C@@H]2[C@H]3C(=O)O[C@H](C)CNC(=O)CC/C=C\[C@H]3O[C@@]23C=CCN(Cc2ccccc2)C(=O)[C@@H]13. The van der Waals surface area contributed by atoms with E-state index < -0.39 is 53.6 Å². The zero-order valence-corrected chi connectivity index (χ0v) is 24.5. The molecule has 0 unspecified atom stereocenters. The minimum Gasteiger partial charge on any atom is -0.460 e. The molecule has 0 bridgehead atoms. The Hall–Kier alpha value is -3.50. The van der Waals surface area contributed by atoms with E-state index in [1.165, 1.54) is 4.90 Å². The Morgan fingerprint density at radius 3 is 2.60 bits per heavy atom. The Labute approximate surface area is 246 Å². The van der Waals surface area contributed by atoms with Gasteiger partial charge < -0.3 is 29.7 Å². The summed E-state index contributed by atoms with van der Waals surface area (Å²) in [6.07, 6.45) is 7.05. The lowest BCUT2D eigenvalue weighted by molar-refractivity contribution is -0.160. The maximum absolute atomic E-state index is 14.5. The van der Waals surface area contributed by atoms with Crippen LogP contribution in [0.5, 0.6) is 0 Å². The largest absolute Gasteiger partial charge is 0.460 e. The van der Waals surface area contributed by atoms with Gasteiger partial charge in [-0.2, -0.15) is 0 Å². The summed E-state index contributed by atoms with van der Waals surface area (Å²) in [5, 5.41) is 13.3. The molecule has 10 nitrogen and oxygen atoms in total. The van der Waals surface area contributed by atoms with Crippen molar-refractivity contribution in [2.24, 2.45) is 17.8 Å². The van der Waals surface area contributed by atoms with Crippen LogP contribution < -0.4 is 5.32 Å². The molecule has 8 atom stereocenters. The molecule has 1 aromatic rings. The van der Waals surface area contributed by atoms with Gasteiger partial charge in [-0.05, 0) is 24.8 Å². The molecule has 226 valence electrons. The highest BCUT2D eigenvalue weighted by atomic mass is 16.6. The summed E-state index contributed by atoms with van der Waals surface area (Å²) in [5.41, 5.74) is -0.489. The molecule has 5 rings (SSSR count). The maximum atomic E-state index is 14.5. The number of allylic oxidation sites excluding steroid dienone is 1. The van der Waals surface area contributed by atoms with Crippen molar-refractivity contribution >= 4 is 23.7 Å². The van der Waals surface area contributed by atoms with Crippen molar-refractivity contribution in [1.82, 2.24) is 15.1 Å². The number of ether oxygens (including phenoxy) is 2. The summed E-state index contributed by atoms with van der Waals surface area (Å²) < 4.78 is 12.5. The maximum Gasteiger partial charge on any atom is 0.313 e. The molecular formula is C32H41N3O7. The average Bonchev–Trinajstić information content (AvgIpc) is 3.37. The summed E-state index contributed by atoms with van der Waals surface area (Å²) in [6.45, 7) is 6.07. The van der Waals surface area contributed by atoms with Crippen molar-refractivity contribution in [3.05, 3.63) is 60.2 Å². The Kier molecular flexibility index (Phi) is 8.84. The second-order valence-corrected chi connectivity index (χ2v) is 11.8. The fraction of sp³-hybridized carbons (Fsp3) is 0.562. The van der Waals surface area contributed by atoms with Gasteiger partial charge in [0.05, 0.1) is 31.2 Å². The molecule has 2 N–H and O–H groups in total. The van der Waals surface area contributed by atoms with Crippen LogP contribution in [0.1, 0.15) is 45.6 Å². The standard InChI is InChI=1S/C32H41N3O7/c1-4-20(2)23(19-36)35-28-30(39)34(18-22-11-6-5-7-12-22)16-10-15-32(28)27(29(35)38)26-24(42-32)13-8-9-14-25(37)33-17-21(3)41-31(26)40/h5-8,10-13,15,20-21,23-24,26-28,36H,4,9,14,16-19H2,1-3H3,(H,33,37)/b13-8-/t20-,21+,23-,24+,26-,27-,28+,32-/m0/s1. The van der Waals surface area contributed by atoms with E-state index in [9.17, 15) is 24.3 Å². The van der Waals surface area contributed by atoms with E-state index in [1.54, 1.807) is 30.1 Å². The van der Waals surface area contributed by atoms with Gasteiger partial charge in [0, 0.05) is 19.5 Å². The number of carbonyl (C=O) groups excluding carboxylic acids is 4. The number of nitrogens with zero attached hydrogens (tertiary/aromatic N) is 2. The third-order valence-corrected chi connectivity index (χ3v) is 9.12. The number of cyclic esters (lactones) is 1. The predicted octanol–water partition coefficient (Wildman–Crippen LogP) is 1.97. The second-order valence-electron chi connectivity index (χ2n) is 11.8. The fourth-order valence-corrected chi connectivity index (χ4v) is 6.77. The molecule has 3 amide bonds. The van der Waals surface area contributed by atoms with Crippen molar-refractivity contribution in [2.75, 3.05) is 19.7 Å². The second kappa shape index (κ2) is 12.4. The molecular weight excluding hydrogens is 538 g/mol. The first-order valence-corrected chi connectivity index (χ1v) is 15.0. The van der Waals surface area contributed by atoms with Crippen molar-refractivity contribution < 1.29 is 33.8 Å². The molecule has 0 aromatic heterocycles. The molecule has 2 fully saturated rings. The summed E-state index contributed by atoms with van der Waals surface area (Å²) in [4.78, 5) is 58.2. The van der Waals surface area contributed by atoms with Crippen LogP contribution in [0.2, 0.25) is 0 Å². The molecule has 0 radical (unpaired) electrons. The summed E-state index contributed by atoms with van der Waals surface area (Å²) in [6, 6.07) is 7.91. The van der Waals surface area contributed by atoms with E-state index in [2.05, 4.69) is 5.32 Å². The van der Waals surface area contributed by atoms with Crippen LogP contribution in [0.3, 0.4) is 0 Å². The number of benzene rings is 1. The number of carbonyl (C=O) groups is 4. The van der Waals surface area contributed by atoms with Crippen LogP contribution in [-0.2, 0) is 35.2 Å². The van der Waals surface area contributed by atoms with Gasteiger partial charge in [0.15, 0.2) is 0 Å². The van der Waals surface area contributed by atoms with Crippen LogP contribution in [0.25, 0.3) is 0 Å².